The Hall–Kier alpha value is -5.59. The van der Waals surface area contributed by atoms with E-state index < -0.39 is 11.8 Å². The van der Waals surface area contributed by atoms with E-state index in [9.17, 15) is 20.1 Å². The molecule has 2 heterocycles. The number of nitrogens with one attached hydrogen (secondary N) is 3. The van der Waals surface area contributed by atoms with Gasteiger partial charge in [0.25, 0.3) is 0 Å². The highest BCUT2D eigenvalue weighted by atomic mass is 16.1. The van der Waals surface area contributed by atoms with Crippen LogP contribution < -0.4 is 16.3 Å². The van der Waals surface area contributed by atoms with Crippen LogP contribution in [0.2, 0.25) is 0 Å². The summed E-state index contributed by atoms with van der Waals surface area (Å²) >= 11 is 0. The molecular weight excluding hydrogens is 628 g/mol. The number of benzene rings is 2. The monoisotopic (exact) mass is 682 g/mol. The van der Waals surface area contributed by atoms with Gasteiger partial charge in [-0.15, -0.1) is 0 Å². The van der Waals surface area contributed by atoms with E-state index >= 15 is 0 Å². The molecule has 4 rings (SSSR count). The highest BCUT2D eigenvalue weighted by molar-refractivity contribution is 6.51. The highest BCUT2D eigenvalue weighted by Crippen LogP contribution is 2.20. The number of nitriles is 2. The van der Waals surface area contributed by atoms with Gasteiger partial charge in [-0.3, -0.25) is 24.4 Å². The summed E-state index contributed by atoms with van der Waals surface area (Å²) < 4.78 is 3.30. The number of carbonyl (C=O) groups is 2. The molecule has 0 saturated carbocycles. The second kappa shape index (κ2) is 17.7. The van der Waals surface area contributed by atoms with Crippen molar-refractivity contribution in [3.05, 3.63) is 94.6 Å². The number of Topliss-reactive ketones (excluding diaryl/α,β-unsaturated/α-hetero) is 2. The molecule has 0 aliphatic rings. The van der Waals surface area contributed by atoms with Crippen molar-refractivity contribution in [3.63, 3.8) is 0 Å². The van der Waals surface area contributed by atoms with E-state index in [1.165, 1.54) is 0 Å². The molecule has 2 aromatic heterocycles. The van der Waals surface area contributed by atoms with E-state index in [0.29, 0.717) is 17.1 Å². The van der Waals surface area contributed by atoms with Crippen LogP contribution in [-0.4, -0.2) is 42.9 Å². The minimum atomic E-state index is -1.01. The number of hydrazine groups is 1. The van der Waals surface area contributed by atoms with Gasteiger partial charge in [-0.05, 0) is 106 Å². The van der Waals surface area contributed by atoms with Gasteiger partial charge in [-0.25, -0.2) is 5.43 Å². The van der Waals surface area contributed by atoms with Crippen molar-refractivity contribution in [2.75, 3.05) is 10.9 Å². The average Bonchev–Trinajstić information content (AvgIpc) is 3.67. The molecule has 1 unspecified atom stereocenters. The zero-order valence-corrected chi connectivity index (χ0v) is 31.3. The third-order valence-corrected chi connectivity index (χ3v) is 6.89. The maximum absolute atomic E-state index is 12.7. The summed E-state index contributed by atoms with van der Waals surface area (Å²) in [7, 11) is 0. The molecule has 0 bridgehead atoms. The van der Waals surface area contributed by atoms with Crippen molar-refractivity contribution in [1.82, 2.24) is 25.0 Å². The lowest BCUT2D eigenvalue weighted by Gasteiger charge is -2.23. The molecule has 0 aliphatic heterocycles. The molecule has 12 nitrogen and oxygen atoms in total. The molecule has 0 amide bonds. The van der Waals surface area contributed by atoms with Crippen LogP contribution in [0.5, 0.6) is 0 Å². The number of aryl methyl sites for hydroxylation is 4. The third-order valence-electron chi connectivity index (χ3n) is 6.89. The lowest BCUT2D eigenvalue weighted by molar-refractivity contribution is 0.0950. The van der Waals surface area contributed by atoms with Crippen molar-refractivity contribution in [3.8, 4) is 12.1 Å². The van der Waals surface area contributed by atoms with Gasteiger partial charge in [0.05, 0.1) is 34.2 Å². The van der Waals surface area contributed by atoms with E-state index in [1.807, 2.05) is 144 Å². The summed E-state index contributed by atoms with van der Waals surface area (Å²) in [5.74, 6) is -0.764. The molecule has 0 spiro atoms. The van der Waals surface area contributed by atoms with E-state index in [-0.39, 0.29) is 25.4 Å². The number of rotatable bonds is 9. The SMILES string of the molecule is CC.Cc1ccc(N/N=C(\C#N)C(=O)c2cc(C)nn2C(C)(C)C)cc1.Cc1ccc(NNC(C#N)C(=O)c2cc(C)nn2C(C)(C)C)cc1.[HH].[HH]. The fourth-order valence-electron chi connectivity index (χ4n) is 4.45. The quantitative estimate of drug-likeness (QED) is 0.0904. The molecule has 50 heavy (non-hydrogen) atoms. The molecule has 268 valence electrons. The van der Waals surface area contributed by atoms with Gasteiger partial charge in [0.1, 0.15) is 17.5 Å². The molecule has 4 aromatic rings. The van der Waals surface area contributed by atoms with Gasteiger partial charge >= 0.3 is 0 Å². The van der Waals surface area contributed by atoms with E-state index in [4.69, 9.17) is 0 Å². The maximum atomic E-state index is 12.7. The van der Waals surface area contributed by atoms with Crippen molar-refractivity contribution < 1.29 is 12.4 Å². The highest BCUT2D eigenvalue weighted by Gasteiger charge is 2.28. The van der Waals surface area contributed by atoms with Crippen LogP contribution in [0.4, 0.5) is 11.4 Å². The van der Waals surface area contributed by atoms with Crippen LogP contribution in [-0.2, 0) is 11.1 Å². The lowest BCUT2D eigenvalue weighted by Crippen LogP contribution is -2.41. The first-order valence-corrected chi connectivity index (χ1v) is 16.5. The number of hydrogen-bond donors (Lipinski definition) is 3. The molecule has 0 radical (unpaired) electrons. The minimum Gasteiger partial charge on any atom is -0.320 e. The second-order valence-electron chi connectivity index (χ2n) is 13.4. The minimum absolute atomic E-state index is 0. The Morgan fingerprint density at radius 2 is 1.20 bits per heavy atom. The van der Waals surface area contributed by atoms with Crippen molar-refractivity contribution in [1.29, 1.82) is 10.5 Å². The molecule has 3 N–H and O–H groups in total. The Morgan fingerprint density at radius 1 is 0.760 bits per heavy atom. The second-order valence-corrected chi connectivity index (χ2v) is 13.4. The fraction of sp³-hybridized carbons (Fsp3) is 0.395. The molecule has 0 aliphatic carbocycles. The molecule has 1 atom stereocenters. The summed E-state index contributed by atoms with van der Waals surface area (Å²) in [5.41, 5.74) is 13.5. The Balaban J connectivity index is 0.000000921. The number of anilines is 2. The number of nitrogens with zero attached hydrogens (tertiary/aromatic N) is 7. The summed E-state index contributed by atoms with van der Waals surface area (Å²) in [4.78, 5) is 25.4. The van der Waals surface area contributed by atoms with Crippen LogP contribution in [0.15, 0.2) is 65.8 Å². The molecule has 0 saturated heterocycles. The van der Waals surface area contributed by atoms with E-state index in [2.05, 4.69) is 31.6 Å². The molecule has 12 heteroatoms. The van der Waals surface area contributed by atoms with Crippen LogP contribution in [0.25, 0.3) is 0 Å². The largest absolute Gasteiger partial charge is 0.320 e. The summed E-state index contributed by atoms with van der Waals surface area (Å²) in [5, 5.41) is 31.4. The Kier molecular flexibility index (Phi) is 14.4. The molecule has 2 aromatic carbocycles. The predicted octanol–water partition coefficient (Wildman–Crippen LogP) is 7.89. The Labute approximate surface area is 299 Å². The third kappa shape index (κ3) is 11.2. The van der Waals surface area contributed by atoms with Crippen molar-refractivity contribution in [2.45, 2.75) is 100 Å². The lowest BCUT2D eigenvalue weighted by atomic mass is 10.1. The Bertz CT molecular complexity index is 1870. The van der Waals surface area contributed by atoms with Crippen LogP contribution in [0, 0.1) is 50.4 Å². The van der Waals surface area contributed by atoms with Gasteiger partial charge in [0, 0.05) is 8.54 Å². The van der Waals surface area contributed by atoms with Gasteiger partial charge in [-0.2, -0.15) is 25.8 Å². The van der Waals surface area contributed by atoms with Gasteiger partial charge in [0.2, 0.25) is 17.3 Å². The van der Waals surface area contributed by atoms with Crippen molar-refractivity contribution in [2.24, 2.45) is 5.10 Å². The number of carbonyl (C=O) groups excluding carboxylic acids is 2. The first kappa shape index (κ1) is 40.6. The first-order valence-electron chi connectivity index (χ1n) is 16.5. The fourth-order valence-corrected chi connectivity index (χ4v) is 4.45. The van der Waals surface area contributed by atoms with E-state index in [1.54, 1.807) is 21.5 Å². The number of ketones is 2. The Morgan fingerprint density at radius 3 is 1.64 bits per heavy atom. The van der Waals surface area contributed by atoms with E-state index in [0.717, 1.165) is 28.2 Å². The van der Waals surface area contributed by atoms with Crippen LogP contribution in [0.3, 0.4) is 0 Å². The standard InChI is InChI=1S/C18H23N5O.C18H21N5O.C2H6.2H2/c2*1-12-6-8-14(9-7-12)20-21-15(11-19)17(24)16-10-13(2)22-23(16)18(3,4)5;1-2;;/h6-10,15,20-21H,1-5H3;6-10,20H,1-5H3;1-2H3;2*1H/b;21-15+;;;. The molecule has 0 fully saturated rings. The number of hydrogen-bond acceptors (Lipinski definition) is 10. The maximum Gasteiger partial charge on any atom is 0.241 e. The topological polar surface area (TPSA) is 166 Å². The average molecular weight is 683 g/mol. The number of aromatic nitrogens is 4. The zero-order valence-electron chi connectivity index (χ0n) is 31.3. The summed E-state index contributed by atoms with van der Waals surface area (Å²) in [6.07, 6.45) is 0. The van der Waals surface area contributed by atoms with Gasteiger partial charge in [-0.1, -0.05) is 49.2 Å². The summed E-state index contributed by atoms with van der Waals surface area (Å²) in [6.45, 7) is 23.4. The predicted molar refractivity (Wildman–Crippen MR) is 203 cm³/mol. The zero-order chi connectivity index (χ0) is 37.8. The van der Waals surface area contributed by atoms with Gasteiger partial charge in [0.15, 0.2) is 6.04 Å². The van der Waals surface area contributed by atoms with Crippen LogP contribution in [0.1, 0.15) is 102 Å². The smallest absolute Gasteiger partial charge is 0.241 e. The van der Waals surface area contributed by atoms with Crippen LogP contribution >= 0.6 is 0 Å². The normalized spacial score (nSPS) is 11.8. The van der Waals surface area contributed by atoms with Crippen molar-refractivity contribution >= 4 is 28.7 Å². The molecular formula is C38H54N10O2. The summed E-state index contributed by atoms with van der Waals surface area (Å²) in [6, 6.07) is 21.4. The van der Waals surface area contributed by atoms with Gasteiger partial charge < -0.3 is 5.43 Å². The number of hydrazone groups is 1. The first-order chi connectivity index (χ1) is 23.4.